The minimum Gasteiger partial charge on any atom is -0.335 e. The lowest BCUT2D eigenvalue weighted by Crippen LogP contribution is -2.47. The zero-order chi connectivity index (χ0) is 14.3. The van der Waals surface area contributed by atoms with Crippen molar-refractivity contribution in [3.63, 3.8) is 0 Å². The average Bonchev–Trinajstić information content (AvgIpc) is 2.42. The van der Waals surface area contributed by atoms with Crippen molar-refractivity contribution in [2.45, 2.75) is 38.8 Å². The summed E-state index contributed by atoms with van der Waals surface area (Å²) in [5, 5.41) is 0. The van der Waals surface area contributed by atoms with E-state index in [2.05, 4.69) is 18.7 Å². The second-order valence-electron chi connectivity index (χ2n) is 5.00. The standard InChI is InChI=1S/C16H24N2O/c1-4-12-18(13(2)3)16(19)15(17)11-10-14-8-6-5-7-9-14/h4-9,13,15H,1,10-12,17H2,2-3H3/t15-/m0/s1. The first-order valence-corrected chi connectivity index (χ1v) is 6.77. The van der Waals surface area contributed by atoms with E-state index in [-0.39, 0.29) is 11.9 Å². The number of nitrogens with zero attached hydrogens (tertiary/aromatic N) is 1. The molecule has 2 N–H and O–H groups in total. The summed E-state index contributed by atoms with van der Waals surface area (Å²) >= 11 is 0. The lowest BCUT2D eigenvalue weighted by Gasteiger charge is -2.28. The summed E-state index contributed by atoms with van der Waals surface area (Å²) in [4.78, 5) is 14.0. The van der Waals surface area contributed by atoms with Gasteiger partial charge < -0.3 is 10.6 Å². The number of rotatable bonds is 7. The fraction of sp³-hybridized carbons (Fsp3) is 0.438. The highest BCUT2D eigenvalue weighted by atomic mass is 16.2. The van der Waals surface area contributed by atoms with E-state index in [9.17, 15) is 4.79 Å². The van der Waals surface area contributed by atoms with Crippen LogP contribution in [-0.4, -0.2) is 29.4 Å². The van der Waals surface area contributed by atoms with Gasteiger partial charge in [-0.15, -0.1) is 6.58 Å². The van der Waals surface area contributed by atoms with E-state index in [1.165, 1.54) is 5.56 Å². The van der Waals surface area contributed by atoms with Crippen LogP contribution in [0.15, 0.2) is 43.0 Å². The Labute approximate surface area is 116 Å². The van der Waals surface area contributed by atoms with E-state index in [4.69, 9.17) is 5.73 Å². The Kier molecular flexibility index (Phi) is 6.30. The zero-order valence-corrected chi connectivity index (χ0v) is 11.9. The van der Waals surface area contributed by atoms with Gasteiger partial charge >= 0.3 is 0 Å². The van der Waals surface area contributed by atoms with Gasteiger partial charge in [-0.1, -0.05) is 36.4 Å². The highest BCUT2D eigenvalue weighted by Crippen LogP contribution is 2.08. The van der Waals surface area contributed by atoms with E-state index >= 15 is 0 Å². The second kappa shape index (κ2) is 7.74. The Morgan fingerprint density at radius 3 is 2.53 bits per heavy atom. The van der Waals surface area contributed by atoms with Crippen molar-refractivity contribution in [3.05, 3.63) is 48.6 Å². The zero-order valence-electron chi connectivity index (χ0n) is 11.9. The van der Waals surface area contributed by atoms with Crippen LogP contribution in [0.5, 0.6) is 0 Å². The number of amides is 1. The second-order valence-corrected chi connectivity index (χ2v) is 5.00. The van der Waals surface area contributed by atoms with Gasteiger partial charge in [-0.25, -0.2) is 0 Å². The maximum absolute atomic E-state index is 12.2. The summed E-state index contributed by atoms with van der Waals surface area (Å²) in [6, 6.07) is 9.80. The van der Waals surface area contributed by atoms with Crippen LogP contribution >= 0.6 is 0 Å². The Balaban J connectivity index is 2.54. The van der Waals surface area contributed by atoms with Crippen LogP contribution in [0.3, 0.4) is 0 Å². The summed E-state index contributed by atoms with van der Waals surface area (Å²) < 4.78 is 0. The summed E-state index contributed by atoms with van der Waals surface area (Å²) in [6.07, 6.45) is 3.23. The molecule has 1 amide bonds. The SMILES string of the molecule is C=CCN(C(=O)[C@@H](N)CCc1ccccc1)C(C)C. The van der Waals surface area contributed by atoms with Gasteiger partial charge in [-0.05, 0) is 32.3 Å². The van der Waals surface area contributed by atoms with Gasteiger partial charge in [0.1, 0.15) is 0 Å². The van der Waals surface area contributed by atoms with Gasteiger partial charge in [-0.2, -0.15) is 0 Å². The number of carbonyl (C=O) groups is 1. The van der Waals surface area contributed by atoms with E-state index < -0.39 is 6.04 Å². The predicted octanol–water partition coefficient (Wildman–Crippen LogP) is 2.37. The smallest absolute Gasteiger partial charge is 0.240 e. The van der Waals surface area contributed by atoms with Crippen LogP contribution in [0.1, 0.15) is 25.8 Å². The van der Waals surface area contributed by atoms with Crippen LogP contribution in [-0.2, 0) is 11.2 Å². The Bertz CT molecular complexity index is 400. The quantitative estimate of drug-likeness (QED) is 0.765. The first-order valence-electron chi connectivity index (χ1n) is 6.77. The molecule has 3 nitrogen and oxygen atoms in total. The van der Waals surface area contributed by atoms with Gasteiger partial charge in [0.05, 0.1) is 6.04 Å². The molecular formula is C16H24N2O. The molecule has 0 aliphatic carbocycles. The molecule has 1 aromatic carbocycles. The molecule has 1 atom stereocenters. The fourth-order valence-electron chi connectivity index (χ4n) is 2.00. The lowest BCUT2D eigenvalue weighted by molar-refractivity contribution is -0.133. The Hall–Kier alpha value is -1.61. The van der Waals surface area contributed by atoms with E-state index in [0.717, 1.165) is 6.42 Å². The third-order valence-electron chi connectivity index (χ3n) is 3.14. The third-order valence-corrected chi connectivity index (χ3v) is 3.14. The molecule has 3 heteroatoms. The van der Waals surface area contributed by atoms with Gasteiger partial charge in [0.15, 0.2) is 0 Å². The molecule has 0 aliphatic heterocycles. The van der Waals surface area contributed by atoms with Gasteiger partial charge in [0, 0.05) is 12.6 Å². The summed E-state index contributed by atoms with van der Waals surface area (Å²) in [7, 11) is 0. The number of nitrogens with two attached hydrogens (primary N) is 1. The van der Waals surface area contributed by atoms with Crippen molar-refractivity contribution in [2.75, 3.05) is 6.54 Å². The topological polar surface area (TPSA) is 46.3 Å². The molecule has 0 aliphatic rings. The van der Waals surface area contributed by atoms with E-state index in [1.807, 2.05) is 32.0 Å². The summed E-state index contributed by atoms with van der Waals surface area (Å²) in [6.45, 7) is 8.22. The maximum Gasteiger partial charge on any atom is 0.240 e. The van der Waals surface area contributed by atoms with Crippen LogP contribution in [0.4, 0.5) is 0 Å². The number of benzene rings is 1. The molecule has 104 valence electrons. The number of hydrogen-bond donors (Lipinski definition) is 1. The molecule has 1 rings (SSSR count). The minimum atomic E-state index is -0.442. The number of hydrogen-bond acceptors (Lipinski definition) is 2. The van der Waals surface area contributed by atoms with Crippen LogP contribution in [0, 0.1) is 0 Å². The van der Waals surface area contributed by atoms with Gasteiger partial charge in [0.2, 0.25) is 5.91 Å². The summed E-state index contributed by atoms with van der Waals surface area (Å²) in [5.74, 6) is 0.00540. The predicted molar refractivity (Wildman–Crippen MR) is 79.8 cm³/mol. The number of aryl methyl sites for hydroxylation is 1. The molecule has 0 saturated heterocycles. The van der Waals surface area contributed by atoms with Gasteiger partial charge in [0.25, 0.3) is 0 Å². The van der Waals surface area contributed by atoms with Crippen molar-refractivity contribution in [2.24, 2.45) is 5.73 Å². The van der Waals surface area contributed by atoms with Gasteiger partial charge in [-0.3, -0.25) is 4.79 Å². The normalized spacial score (nSPS) is 12.2. The Morgan fingerprint density at radius 2 is 2.00 bits per heavy atom. The molecule has 0 saturated carbocycles. The molecule has 0 bridgehead atoms. The largest absolute Gasteiger partial charge is 0.335 e. The highest BCUT2D eigenvalue weighted by Gasteiger charge is 2.21. The van der Waals surface area contributed by atoms with Crippen LogP contribution < -0.4 is 5.73 Å². The lowest BCUT2D eigenvalue weighted by atomic mass is 10.0. The molecule has 1 aromatic rings. The first kappa shape index (κ1) is 15.4. The average molecular weight is 260 g/mol. The van der Waals surface area contributed by atoms with Crippen molar-refractivity contribution >= 4 is 5.91 Å². The van der Waals surface area contributed by atoms with Crippen LogP contribution in [0.25, 0.3) is 0 Å². The molecule has 0 heterocycles. The third kappa shape index (κ3) is 4.87. The van der Waals surface area contributed by atoms with Crippen LogP contribution in [0.2, 0.25) is 0 Å². The van der Waals surface area contributed by atoms with E-state index in [1.54, 1.807) is 11.0 Å². The molecule has 0 spiro atoms. The first-order chi connectivity index (χ1) is 9.06. The molecule has 0 unspecified atom stereocenters. The van der Waals surface area contributed by atoms with Crippen molar-refractivity contribution in [1.82, 2.24) is 4.90 Å². The summed E-state index contributed by atoms with van der Waals surface area (Å²) in [5.41, 5.74) is 7.22. The minimum absolute atomic E-state index is 0.00540. The van der Waals surface area contributed by atoms with Crippen molar-refractivity contribution in [3.8, 4) is 0 Å². The molecule has 0 fully saturated rings. The maximum atomic E-state index is 12.2. The number of carbonyl (C=O) groups excluding carboxylic acids is 1. The molecular weight excluding hydrogens is 236 g/mol. The van der Waals surface area contributed by atoms with Crippen molar-refractivity contribution in [1.29, 1.82) is 0 Å². The molecule has 19 heavy (non-hydrogen) atoms. The highest BCUT2D eigenvalue weighted by molar-refractivity contribution is 5.82. The Morgan fingerprint density at radius 1 is 1.37 bits per heavy atom. The monoisotopic (exact) mass is 260 g/mol. The van der Waals surface area contributed by atoms with E-state index in [0.29, 0.717) is 13.0 Å². The molecule has 0 aromatic heterocycles. The fourth-order valence-corrected chi connectivity index (χ4v) is 2.00. The molecule has 0 radical (unpaired) electrons. The van der Waals surface area contributed by atoms with Crippen molar-refractivity contribution < 1.29 is 4.79 Å².